The van der Waals surface area contributed by atoms with Gasteiger partial charge in [-0.1, -0.05) is 49.4 Å². The van der Waals surface area contributed by atoms with Gasteiger partial charge in [0.2, 0.25) is 0 Å². The second-order valence-corrected chi connectivity index (χ2v) is 5.37. The molecule has 2 aromatic carbocycles. The number of rotatable bonds is 5. The maximum Gasteiger partial charge on any atom is 0.173 e. The van der Waals surface area contributed by atoms with E-state index >= 15 is 0 Å². The molecule has 110 valence electrons. The zero-order valence-corrected chi connectivity index (χ0v) is 13.5. The number of hydrogen-bond donors (Lipinski definition) is 1. The Balaban J connectivity index is 2.02. The normalized spacial score (nSPS) is 10.2. The summed E-state index contributed by atoms with van der Waals surface area (Å²) in [7, 11) is 0. The summed E-state index contributed by atoms with van der Waals surface area (Å²) in [6.45, 7) is 6.00. The lowest BCUT2D eigenvalue weighted by Crippen LogP contribution is -2.34. The van der Waals surface area contributed by atoms with Crippen LogP contribution < -0.4 is 5.32 Å². The highest BCUT2D eigenvalue weighted by Gasteiger charge is 2.08. The summed E-state index contributed by atoms with van der Waals surface area (Å²) >= 11 is 5.55. The summed E-state index contributed by atoms with van der Waals surface area (Å²) in [6, 6.07) is 18.8. The van der Waals surface area contributed by atoms with E-state index in [4.69, 9.17) is 12.2 Å². The van der Waals surface area contributed by atoms with Crippen LogP contribution in [0.1, 0.15) is 25.0 Å². The molecular formula is C18H22N2S. The smallest absolute Gasteiger partial charge is 0.173 e. The van der Waals surface area contributed by atoms with Crippen molar-refractivity contribution in [1.82, 2.24) is 4.90 Å². The summed E-state index contributed by atoms with van der Waals surface area (Å²) in [5, 5.41) is 4.12. The fourth-order valence-electron chi connectivity index (χ4n) is 2.20. The Morgan fingerprint density at radius 1 is 1.00 bits per heavy atom. The van der Waals surface area contributed by atoms with Crippen LogP contribution in [0.2, 0.25) is 0 Å². The lowest BCUT2D eigenvalue weighted by Gasteiger charge is -2.24. The molecule has 0 aromatic heterocycles. The number of nitrogens with one attached hydrogen (secondary N) is 1. The largest absolute Gasteiger partial charge is 0.345 e. The van der Waals surface area contributed by atoms with E-state index in [-0.39, 0.29) is 0 Å². The molecule has 0 atom stereocenters. The maximum atomic E-state index is 5.55. The van der Waals surface area contributed by atoms with Crippen molar-refractivity contribution in [3.8, 4) is 0 Å². The minimum Gasteiger partial charge on any atom is -0.345 e. The van der Waals surface area contributed by atoms with Gasteiger partial charge in [-0.25, -0.2) is 0 Å². The van der Waals surface area contributed by atoms with Gasteiger partial charge in [0.15, 0.2) is 5.11 Å². The Morgan fingerprint density at radius 2 is 1.71 bits per heavy atom. The minimum atomic E-state index is 0.773. The molecule has 3 heteroatoms. The molecular weight excluding hydrogens is 276 g/mol. The monoisotopic (exact) mass is 298 g/mol. The zero-order valence-electron chi connectivity index (χ0n) is 12.7. The first-order chi connectivity index (χ1) is 10.2. The average Bonchev–Trinajstić information content (AvgIpc) is 2.53. The summed E-state index contributed by atoms with van der Waals surface area (Å²) < 4.78 is 0. The molecule has 0 aliphatic carbocycles. The highest BCUT2D eigenvalue weighted by molar-refractivity contribution is 7.80. The van der Waals surface area contributed by atoms with Crippen LogP contribution >= 0.6 is 12.2 Å². The van der Waals surface area contributed by atoms with Crippen molar-refractivity contribution >= 4 is 23.0 Å². The molecule has 0 saturated heterocycles. The van der Waals surface area contributed by atoms with Crippen LogP contribution in [0.5, 0.6) is 0 Å². The van der Waals surface area contributed by atoms with Crippen LogP contribution in [0.3, 0.4) is 0 Å². The molecule has 0 fully saturated rings. The quantitative estimate of drug-likeness (QED) is 0.820. The Morgan fingerprint density at radius 3 is 2.38 bits per heavy atom. The van der Waals surface area contributed by atoms with Crippen molar-refractivity contribution in [2.45, 2.75) is 26.8 Å². The van der Waals surface area contributed by atoms with Crippen molar-refractivity contribution in [1.29, 1.82) is 0 Å². The standard InChI is InChI=1S/C18H22N2S/c1-3-15-11-8-12-17(13-15)19-18(21)20(4-2)14-16-9-6-5-7-10-16/h5-13H,3-4,14H2,1-2H3,(H,19,21). The first kappa shape index (κ1) is 15.5. The lowest BCUT2D eigenvalue weighted by atomic mass is 10.1. The summed E-state index contributed by atoms with van der Waals surface area (Å²) in [5.41, 5.74) is 3.64. The van der Waals surface area contributed by atoms with Gasteiger partial charge < -0.3 is 10.2 Å². The molecule has 21 heavy (non-hydrogen) atoms. The summed E-state index contributed by atoms with van der Waals surface area (Å²) in [6.07, 6.45) is 1.03. The van der Waals surface area contributed by atoms with Crippen LogP contribution in [0.15, 0.2) is 54.6 Å². The number of anilines is 1. The van der Waals surface area contributed by atoms with Gasteiger partial charge in [-0.15, -0.1) is 0 Å². The Hall–Kier alpha value is -1.87. The fraction of sp³-hybridized carbons (Fsp3) is 0.278. The van der Waals surface area contributed by atoms with E-state index < -0.39 is 0 Å². The SMILES string of the molecule is CCc1cccc(NC(=S)N(CC)Cc2ccccc2)c1. The molecule has 2 nitrogen and oxygen atoms in total. The van der Waals surface area contributed by atoms with Gasteiger partial charge in [0.1, 0.15) is 0 Å². The van der Waals surface area contributed by atoms with E-state index in [9.17, 15) is 0 Å². The van der Waals surface area contributed by atoms with Gasteiger partial charge in [0.05, 0.1) is 0 Å². The number of hydrogen-bond acceptors (Lipinski definition) is 1. The maximum absolute atomic E-state index is 5.55. The Labute approximate surface area is 132 Å². The molecule has 1 N–H and O–H groups in total. The first-order valence-electron chi connectivity index (χ1n) is 7.41. The molecule has 0 unspecified atom stereocenters. The fourth-order valence-corrected chi connectivity index (χ4v) is 2.51. The number of aryl methyl sites for hydroxylation is 1. The summed E-state index contributed by atoms with van der Waals surface area (Å²) in [5.74, 6) is 0. The predicted octanol–water partition coefficient (Wildman–Crippen LogP) is 4.47. The van der Waals surface area contributed by atoms with Gasteiger partial charge in [-0.3, -0.25) is 0 Å². The molecule has 2 aromatic rings. The molecule has 0 radical (unpaired) electrons. The Kier molecular flexibility index (Phi) is 5.76. The lowest BCUT2D eigenvalue weighted by molar-refractivity contribution is 0.442. The van der Waals surface area contributed by atoms with E-state index in [1.165, 1.54) is 11.1 Å². The molecule has 0 bridgehead atoms. The van der Waals surface area contributed by atoms with E-state index in [0.717, 1.165) is 30.3 Å². The molecule has 0 aliphatic heterocycles. The van der Waals surface area contributed by atoms with Crippen LogP contribution in [0, 0.1) is 0 Å². The van der Waals surface area contributed by atoms with Crippen LogP contribution in [0.4, 0.5) is 5.69 Å². The van der Waals surface area contributed by atoms with E-state index in [2.05, 4.69) is 72.6 Å². The topological polar surface area (TPSA) is 15.3 Å². The third-order valence-electron chi connectivity index (χ3n) is 3.47. The predicted molar refractivity (Wildman–Crippen MR) is 94.6 cm³/mol. The minimum absolute atomic E-state index is 0.773. The second kappa shape index (κ2) is 7.79. The number of nitrogens with zero attached hydrogens (tertiary/aromatic N) is 1. The molecule has 0 amide bonds. The van der Waals surface area contributed by atoms with Crippen molar-refractivity contribution in [3.05, 3.63) is 65.7 Å². The van der Waals surface area contributed by atoms with Gasteiger partial charge in [-0.2, -0.15) is 0 Å². The van der Waals surface area contributed by atoms with Gasteiger partial charge in [-0.05, 0) is 48.8 Å². The van der Waals surface area contributed by atoms with Crippen molar-refractivity contribution in [2.75, 3.05) is 11.9 Å². The van der Waals surface area contributed by atoms with Crippen LogP contribution in [-0.4, -0.2) is 16.6 Å². The third-order valence-corrected chi connectivity index (χ3v) is 3.83. The average molecular weight is 298 g/mol. The van der Waals surface area contributed by atoms with Crippen molar-refractivity contribution in [3.63, 3.8) is 0 Å². The highest BCUT2D eigenvalue weighted by atomic mass is 32.1. The first-order valence-corrected chi connectivity index (χ1v) is 7.82. The number of benzene rings is 2. The van der Waals surface area contributed by atoms with E-state index in [0.29, 0.717) is 0 Å². The third kappa shape index (κ3) is 4.57. The molecule has 0 aliphatic rings. The van der Waals surface area contributed by atoms with Gasteiger partial charge in [0, 0.05) is 18.8 Å². The van der Waals surface area contributed by atoms with Gasteiger partial charge in [0.25, 0.3) is 0 Å². The van der Waals surface area contributed by atoms with Gasteiger partial charge >= 0.3 is 0 Å². The van der Waals surface area contributed by atoms with Crippen molar-refractivity contribution < 1.29 is 0 Å². The highest BCUT2D eigenvalue weighted by Crippen LogP contribution is 2.13. The molecule has 0 saturated carbocycles. The number of thiocarbonyl (C=S) groups is 1. The summed E-state index contributed by atoms with van der Waals surface area (Å²) in [4.78, 5) is 2.17. The Bertz CT molecular complexity index is 581. The zero-order chi connectivity index (χ0) is 15.1. The van der Waals surface area contributed by atoms with E-state index in [1.807, 2.05) is 6.07 Å². The molecule has 0 heterocycles. The van der Waals surface area contributed by atoms with Crippen LogP contribution in [-0.2, 0) is 13.0 Å². The molecule has 0 spiro atoms. The second-order valence-electron chi connectivity index (χ2n) is 4.98. The van der Waals surface area contributed by atoms with Crippen LogP contribution in [0.25, 0.3) is 0 Å². The van der Waals surface area contributed by atoms with Crippen molar-refractivity contribution in [2.24, 2.45) is 0 Å². The molecule has 2 rings (SSSR count). The van der Waals surface area contributed by atoms with E-state index in [1.54, 1.807) is 0 Å².